The largest absolute Gasteiger partial charge is 0.326 e. The Bertz CT molecular complexity index is 568. The average molecular weight is 257 g/mol. The van der Waals surface area contributed by atoms with E-state index in [9.17, 15) is 0 Å². The van der Waals surface area contributed by atoms with E-state index in [1.165, 1.54) is 47.3 Å². The predicted molar refractivity (Wildman–Crippen MR) is 79.0 cm³/mol. The van der Waals surface area contributed by atoms with E-state index in [2.05, 4.69) is 30.5 Å². The molecule has 0 saturated heterocycles. The number of hydrogen-bond donors (Lipinski definition) is 1. The van der Waals surface area contributed by atoms with Gasteiger partial charge in [0, 0.05) is 11.4 Å². The Kier molecular flexibility index (Phi) is 3.23. The van der Waals surface area contributed by atoms with Gasteiger partial charge in [-0.1, -0.05) is 18.2 Å². The van der Waals surface area contributed by atoms with Gasteiger partial charge in [0.05, 0.1) is 0 Å². The fourth-order valence-corrected chi connectivity index (χ4v) is 3.83. The summed E-state index contributed by atoms with van der Waals surface area (Å²) in [7, 11) is 0. The monoisotopic (exact) mass is 257 g/mol. The highest BCUT2D eigenvalue weighted by molar-refractivity contribution is 7.10. The van der Waals surface area contributed by atoms with Crippen LogP contribution in [0.1, 0.15) is 34.4 Å². The lowest BCUT2D eigenvalue weighted by Gasteiger charge is -2.17. The number of nitrogens with two attached hydrogens (primary N) is 1. The highest BCUT2D eigenvalue weighted by atomic mass is 32.1. The van der Waals surface area contributed by atoms with Crippen molar-refractivity contribution in [3.8, 4) is 11.1 Å². The first-order chi connectivity index (χ1) is 8.79. The Hall–Kier alpha value is -1.12. The summed E-state index contributed by atoms with van der Waals surface area (Å²) in [6, 6.07) is 6.99. The van der Waals surface area contributed by atoms with Crippen molar-refractivity contribution in [1.29, 1.82) is 0 Å². The molecular weight excluding hydrogens is 238 g/mol. The summed E-state index contributed by atoms with van der Waals surface area (Å²) in [5, 5.41) is 2.20. The molecule has 0 fully saturated rings. The Balaban J connectivity index is 2.09. The van der Waals surface area contributed by atoms with Crippen molar-refractivity contribution in [2.75, 3.05) is 0 Å². The van der Waals surface area contributed by atoms with Gasteiger partial charge in [0.2, 0.25) is 0 Å². The van der Waals surface area contributed by atoms with Crippen LogP contribution in [0, 0.1) is 6.92 Å². The third kappa shape index (κ3) is 2.00. The van der Waals surface area contributed by atoms with Crippen molar-refractivity contribution in [2.45, 2.75) is 39.2 Å². The zero-order valence-corrected chi connectivity index (χ0v) is 11.6. The third-order valence-corrected chi connectivity index (χ3v) is 4.87. The van der Waals surface area contributed by atoms with Gasteiger partial charge in [0.1, 0.15) is 0 Å². The summed E-state index contributed by atoms with van der Waals surface area (Å²) in [5.74, 6) is 0. The smallest absolute Gasteiger partial charge is 0.0192 e. The quantitative estimate of drug-likeness (QED) is 0.862. The average Bonchev–Trinajstić information content (AvgIpc) is 2.79. The molecule has 0 radical (unpaired) electrons. The van der Waals surface area contributed by atoms with E-state index < -0.39 is 0 Å². The molecule has 1 nitrogen and oxygen atoms in total. The topological polar surface area (TPSA) is 26.0 Å². The zero-order valence-electron chi connectivity index (χ0n) is 10.8. The number of fused-ring (bicyclic) bond motifs is 1. The lowest BCUT2D eigenvalue weighted by atomic mass is 9.88. The molecule has 0 bridgehead atoms. The van der Waals surface area contributed by atoms with Gasteiger partial charge in [-0.25, -0.2) is 0 Å². The number of aryl methyl sites for hydroxylation is 3. The van der Waals surface area contributed by atoms with Crippen molar-refractivity contribution in [1.82, 2.24) is 0 Å². The Morgan fingerprint density at radius 2 is 1.94 bits per heavy atom. The third-order valence-electron chi connectivity index (χ3n) is 3.91. The summed E-state index contributed by atoms with van der Waals surface area (Å²) in [5.41, 5.74) is 13.0. The summed E-state index contributed by atoms with van der Waals surface area (Å²) < 4.78 is 0. The van der Waals surface area contributed by atoms with Crippen molar-refractivity contribution in [3.05, 3.63) is 45.1 Å². The molecular formula is C16H19NS. The first-order valence-corrected chi connectivity index (χ1v) is 7.57. The van der Waals surface area contributed by atoms with Crippen LogP contribution < -0.4 is 5.73 Å². The van der Waals surface area contributed by atoms with Crippen LogP contribution in [0.25, 0.3) is 11.1 Å². The van der Waals surface area contributed by atoms with Gasteiger partial charge in [-0.3, -0.25) is 0 Å². The van der Waals surface area contributed by atoms with Crippen LogP contribution in [0.15, 0.2) is 23.6 Å². The fraction of sp³-hybridized carbons (Fsp3) is 0.375. The van der Waals surface area contributed by atoms with E-state index in [1.807, 2.05) is 11.3 Å². The van der Waals surface area contributed by atoms with Crippen molar-refractivity contribution in [2.24, 2.45) is 5.73 Å². The first-order valence-electron chi connectivity index (χ1n) is 6.69. The second-order valence-corrected chi connectivity index (χ2v) is 6.17. The van der Waals surface area contributed by atoms with E-state index in [0.29, 0.717) is 6.54 Å². The van der Waals surface area contributed by atoms with Gasteiger partial charge >= 0.3 is 0 Å². The molecule has 0 unspecified atom stereocenters. The Labute approximate surface area is 113 Å². The molecule has 0 aliphatic heterocycles. The van der Waals surface area contributed by atoms with Gasteiger partial charge in [-0.2, -0.15) is 0 Å². The SMILES string of the molecule is Cc1scc(CN)c1-c1ccc2c(c1)CCCC2. The molecule has 1 heterocycles. The molecule has 2 heteroatoms. The minimum Gasteiger partial charge on any atom is -0.326 e. The maximum Gasteiger partial charge on any atom is 0.0192 e. The minimum atomic E-state index is 0.636. The second-order valence-electron chi connectivity index (χ2n) is 5.09. The van der Waals surface area contributed by atoms with Crippen LogP contribution in [0.3, 0.4) is 0 Å². The van der Waals surface area contributed by atoms with Gasteiger partial charge in [0.15, 0.2) is 0 Å². The molecule has 0 saturated carbocycles. The van der Waals surface area contributed by atoms with Crippen LogP contribution in [-0.2, 0) is 19.4 Å². The van der Waals surface area contributed by atoms with Crippen LogP contribution in [0.2, 0.25) is 0 Å². The standard InChI is InChI=1S/C16H19NS/c1-11-16(15(9-17)10-18-11)14-7-6-12-4-2-3-5-13(12)8-14/h6-8,10H,2-5,9,17H2,1H3. The maximum absolute atomic E-state index is 5.85. The van der Waals surface area contributed by atoms with Crippen LogP contribution in [-0.4, -0.2) is 0 Å². The summed E-state index contributed by atoms with van der Waals surface area (Å²) >= 11 is 1.81. The molecule has 94 valence electrons. The molecule has 0 amide bonds. The van der Waals surface area contributed by atoms with Gasteiger partial charge in [0.25, 0.3) is 0 Å². The van der Waals surface area contributed by atoms with Crippen LogP contribution in [0.4, 0.5) is 0 Å². The molecule has 0 atom stereocenters. The summed E-state index contributed by atoms with van der Waals surface area (Å²) in [4.78, 5) is 1.38. The maximum atomic E-state index is 5.85. The number of thiophene rings is 1. The lowest BCUT2D eigenvalue weighted by Crippen LogP contribution is -2.03. The second kappa shape index (κ2) is 4.87. The molecule has 1 aliphatic rings. The van der Waals surface area contributed by atoms with E-state index in [0.717, 1.165) is 0 Å². The lowest BCUT2D eigenvalue weighted by molar-refractivity contribution is 0.686. The van der Waals surface area contributed by atoms with E-state index >= 15 is 0 Å². The van der Waals surface area contributed by atoms with Crippen LogP contribution in [0.5, 0.6) is 0 Å². The highest BCUT2D eigenvalue weighted by Crippen LogP contribution is 2.34. The fourth-order valence-electron chi connectivity index (χ4n) is 2.93. The molecule has 1 aromatic heterocycles. The molecule has 18 heavy (non-hydrogen) atoms. The van der Waals surface area contributed by atoms with E-state index in [1.54, 1.807) is 11.1 Å². The van der Waals surface area contributed by atoms with Gasteiger partial charge in [-0.15, -0.1) is 11.3 Å². The number of rotatable bonds is 2. The van der Waals surface area contributed by atoms with E-state index in [4.69, 9.17) is 5.73 Å². The van der Waals surface area contributed by atoms with Crippen LogP contribution >= 0.6 is 11.3 Å². The molecule has 0 spiro atoms. The van der Waals surface area contributed by atoms with Crippen molar-refractivity contribution < 1.29 is 0 Å². The summed E-state index contributed by atoms with van der Waals surface area (Å²) in [6.07, 6.45) is 5.17. The van der Waals surface area contributed by atoms with Crippen molar-refractivity contribution >= 4 is 11.3 Å². The molecule has 1 aromatic carbocycles. The number of hydrogen-bond acceptors (Lipinski definition) is 2. The molecule has 2 aromatic rings. The van der Waals surface area contributed by atoms with Gasteiger partial charge < -0.3 is 5.73 Å². The first kappa shape index (κ1) is 11.9. The van der Waals surface area contributed by atoms with Crippen molar-refractivity contribution in [3.63, 3.8) is 0 Å². The molecule has 1 aliphatic carbocycles. The van der Waals surface area contributed by atoms with Gasteiger partial charge in [-0.05, 0) is 65.8 Å². The molecule has 2 N–H and O–H groups in total. The highest BCUT2D eigenvalue weighted by Gasteiger charge is 2.14. The summed E-state index contributed by atoms with van der Waals surface area (Å²) in [6.45, 7) is 2.83. The minimum absolute atomic E-state index is 0.636. The Morgan fingerprint density at radius 1 is 1.17 bits per heavy atom. The zero-order chi connectivity index (χ0) is 12.5. The Morgan fingerprint density at radius 3 is 2.72 bits per heavy atom. The van der Waals surface area contributed by atoms with E-state index in [-0.39, 0.29) is 0 Å². The number of benzene rings is 1. The molecule has 3 rings (SSSR count). The predicted octanol–water partition coefficient (Wildman–Crippen LogP) is 4.06. The normalized spacial score (nSPS) is 14.6.